The van der Waals surface area contributed by atoms with Crippen molar-refractivity contribution in [3.63, 3.8) is 0 Å². The van der Waals surface area contributed by atoms with E-state index >= 15 is 0 Å². The summed E-state index contributed by atoms with van der Waals surface area (Å²) >= 11 is 0. The lowest BCUT2D eigenvalue weighted by Crippen LogP contribution is -2.23. The molecule has 0 unspecified atom stereocenters. The molecule has 0 saturated carbocycles. The molecule has 0 radical (unpaired) electrons. The summed E-state index contributed by atoms with van der Waals surface area (Å²) in [6.07, 6.45) is 0. The maximum absolute atomic E-state index is 9.63. The Morgan fingerprint density at radius 2 is 1.82 bits per heavy atom. The van der Waals surface area contributed by atoms with Crippen molar-refractivity contribution in [2.75, 3.05) is 7.11 Å². The lowest BCUT2D eigenvalue weighted by molar-refractivity contribution is 0.128. The van der Waals surface area contributed by atoms with E-state index in [-0.39, 0.29) is 5.62 Å². The third-order valence-electron chi connectivity index (χ3n) is 4.31. The van der Waals surface area contributed by atoms with Crippen molar-refractivity contribution < 1.29 is 14.7 Å². The van der Waals surface area contributed by atoms with Gasteiger partial charge in [0.2, 0.25) is 0 Å². The van der Waals surface area contributed by atoms with Crippen LogP contribution in [0, 0.1) is 5.41 Å². The van der Waals surface area contributed by atoms with Crippen molar-refractivity contribution in [3.8, 4) is 22.6 Å². The van der Waals surface area contributed by atoms with Gasteiger partial charge in [-0.15, -0.1) is 5.10 Å². The Morgan fingerprint density at radius 3 is 2.61 bits per heavy atom. The first-order chi connectivity index (χ1) is 13.6. The summed E-state index contributed by atoms with van der Waals surface area (Å²) in [4.78, 5) is 4.45. The van der Waals surface area contributed by atoms with Crippen LogP contribution in [0.5, 0.6) is 11.5 Å². The zero-order chi connectivity index (χ0) is 19.5. The second kappa shape index (κ2) is 7.40. The molecule has 0 spiro atoms. The number of ether oxygens (including phenoxy) is 2. The van der Waals surface area contributed by atoms with E-state index in [2.05, 4.69) is 10.1 Å². The Labute approximate surface area is 160 Å². The predicted octanol–water partition coefficient (Wildman–Crippen LogP) is 3.40. The predicted molar refractivity (Wildman–Crippen MR) is 103 cm³/mol. The smallest absolute Gasteiger partial charge is 0.277 e. The SMILES string of the molecule is COc1cc2nc(=N)n(O)nc2cc1-c1cccc(OCc2ccccc2)c1. The van der Waals surface area contributed by atoms with Crippen LogP contribution >= 0.6 is 0 Å². The van der Waals surface area contributed by atoms with Gasteiger partial charge >= 0.3 is 0 Å². The van der Waals surface area contributed by atoms with Crippen molar-refractivity contribution in [1.82, 2.24) is 14.9 Å². The van der Waals surface area contributed by atoms with Gasteiger partial charge in [-0.3, -0.25) is 5.41 Å². The van der Waals surface area contributed by atoms with E-state index < -0.39 is 0 Å². The van der Waals surface area contributed by atoms with Crippen LogP contribution in [0.15, 0.2) is 66.7 Å². The minimum atomic E-state index is -0.349. The highest BCUT2D eigenvalue weighted by molar-refractivity contribution is 5.85. The van der Waals surface area contributed by atoms with Crippen LogP contribution in [0.1, 0.15) is 5.56 Å². The van der Waals surface area contributed by atoms with Crippen molar-refractivity contribution in [3.05, 3.63) is 77.9 Å². The van der Waals surface area contributed by atoms with Crippen molar-refractivity contribution in [2.45, 2.75) is 6.61 Å². The molecule has 4 aromatic rings. The number of nitrogens with zero attached hydrogens (tertiary/aromatic N) is 3. The Kier molecular flexibility index (Phi) is 4.63. The van der Waals surface area contributed by atoms with Crippen molar-refractivity contribution >= 4 is 11.0 Å². The Bertz CT molecular complexity index is 1190. The van der Waals surface area contributed by atoms with Gasteiger partial charge in [-0.1, -0.05) is 47.3 Å². The minimum absolute atomic E-state index is 0.349. The lowest BCUT2D eigenvalue weighted by Gasteiger charge is -2.12. The van der Waals surface area contributed by atoms with E-state index in [0.717, 1.165) is 22.4 Å². The molecule has 1 aromatic heterocycles. The maximum Gasteiger partial charge on any atom is 0.277 e. The van der Waals surface area contributed by atoms with E-state index in [1.807, 2.05) is 54.6 Å². The summed E-state index contributed by atoms with van der Waals surface area (Å²) in [5, 5.41) is 21.2. The molecule has 7 nitrogen and oxygen atoms in total. The van der Waals surface area contributed by atoms with Gasteiger partial charge < -0.3 is 14.7 Å². The second-order valence-corrected chi connectivity index (χ2v) is 6.17. The summed E-state index contributed by atoms with van der Waals surface area (Å²) in [7, 11) is 1.57. The summed E-state index contributed by atoms with van der Waals surface area (Å²) in [5.41, 5.74) is 3.32. The number of nitrogens with one attached hydrogen (secondary N) is 1. The number of methoxy groups -OCH3 is 1. The van der Waals surface area contributed by atoms with Gasteiger partial charge in [0.1, 0.15) is 23.6 Å². The van der Waals surface area contributed by atoms with Gasteiger partial charge in [0.15, 0.2) is 0 Å². The van der Waals surface area contributed by atoms with Crippen LogP contribution in [-0.4, -0.2) is 27.2 Å². The molecule has 0 aliphatic rings. The number of fused-ring (bicyclic) bond motifs is 1. The molecular weight excluding hydrogens is 356 g/mol. The number of hydrogen-bond donors (Lipinski definition) is 2. The van der Waals surface area contributed by atoms with E-state index in [1.165, 1.54) is 0 Å². The monoisotopic (exact) mass is 374 g/mol. The highest BCUT2D eigenvalue weighted by Gasteiger charge is 2.12. The Hall–Kier alpha value is -3.87. The quantitative estimate of drug-likeness (QED) is 0.522. The third-order valence-corrected chi connectivity index (χ3v) is 4.31. The zero-order valence-electron chi connectivity index (χ0n) is 15.2. The largest absolute Gasteiger partial charge is 0.496 e. The highest BCUT2D eigenvalue weighted by atomic mass is 16.5. The molecule has 0 amide bonds. The molecule has 0 saturated heterocycles. The van der Waals surface area contributed by atoms with Crippen LogP contribution in [0.4, 0.5) is 0 Å². The summed E-state index contributed by atoms with van der Waals surface area (Å²) < 4.78 is 11.4. The molecule has 0 aliphatic heterocycles. The van der Waals surface area contributed by atoms with Crippen LogP contribution in [0.2, 0.25) is 0 Å². The molecule has 0 bridgehead atoms. The average molecular weight is 374 g/mol. The van der Waals surface area contributed by atoms with Crippen LogP contribution in [0.3, 0.4) is 0 Å². The second-order valence-electron chi connectivity index (χ2n) is 6.17. The number of hydrogen-bond acceptors (Lipinski definition) is 6. The standard InChI is InChI=1S/C21H18N4O3/c1-27-20-12-18-19(24-25(26)21(22)23-18)11-17(20)15-8-5-9-16(10-15)28-13-14-6-3-2-4-7-14/h2-12,22,26H,13H2,1H3. The van der Waals surface area contributed by atoms with Crippen LogP contribution in [-0.2, 0) is 6.61 Å². The normalized spacial score (nSPS) is 10.8. The molecule has 0 aliphatic carbocycles. The molecule has 0 atom stereocenters. The molecule has 4 rings (SSSR count). The van der Waals surface area contributed by atoms with E-state index in [9.17, 15) is 5.21 Å². The summed E-state index contributed by atoms with van der Waals surface area (Å²) in [5.74, 6) is 1.32. The van der Waals surface area contributed by atoms with Gasteiger partial charge in [0.05, 0.1) is 12.6 Å². The third kappa shape index (κ3) is 3.50. The molecule has 28 heavy (non-hydrogen) atoms. The number of benzene rings is 3. The van der Waals surface area contributed by atoms with Gasteiger partial charge in [0.25, 0.3) is 5.62 Å². The van der Waals surface area contributed by atoms with Gasteiger partial charge in [-0.25, -0.2) is 4.98 Å². The fourth-order valence-corrected chi connectivity index (χ4v) is 2.92. The summed E-state index contributed by atoms with van der Waals surface area (Å²) in [6, 6.07) is 21.1. The van der Waals surface area contributed by atoms with E-state index in [0.29, 0.717) is 28.2 Å². The lowest BCUT2D eigenvalue weighted by atomic mass is 10.0. The molecule has 2 N–H and O–H groups in total. The Morgan fingerprint density at radius 1 is 1.00 bits per heavy atom. The molecule has 1 heterocycles. The van der Waals surface area contributed by atoms with Crippen molar-refractivity contribution in [1.29, 1.82) is 5.41 Å². The number of rotatable bonds is 5. The Balaban J connectivity index is 1.71. The first-order valence-corrected chi connectivity index (χ1v) is 8.64. The van der Waals surface area contributed by atoms with Gasteiger partial charge in [0, 0.05) is 11.6 Å². The highest BCUT2D eigenvalue weighted by Crippen LogP contribution is 2.34. The first-order valence-electron chi connectivity index (χ1n) is 8.64. The van der Waals surface area contributed by atoms with Gasteiger partial charge in [-0.2, -0.15) is 0 Å². The maximum atomic E-state index is 9.63. The fraction of sp³-hybridized carbons (Fsp3) is 0.0952. The fourth-order valence-electron chi connectivity index (χ4n) is 2.92. The first kappa shape index (κ1) is 17.5. The van der Waals surface area contributed by atoms with Crippen LogP contribution in [0.25, 0.3) is 22.2 Å². The zero-order valence-corrected chi connectivity index (χ0v) is 15.2. The molecule has 3 aromatic carbocycles. The minimum Gasteiger partial charge on any atom is -0.496 e. The molecular formula is C21H18N4O3. The molecule has 0 fully saturated rings. The van der Waals surface area contributed by atoms with E-state index in [4.69, 9.17) is 14.9 Å². The van der Waals surface area contributed by atoms with Crippen LogP contribution < -0.4 is 15.1 Å². The molecule has 140 valence electrons. The molecule has 7 heteroatoms. The van der Waals surface area contributed by atoms with Crippen molar-refractivity contribution in [2.24, 2.45) is 0 Å². The topological polar surface area (TPSA) is 93.2 Å². The summed E-state index contributed by atoms with van der Waals surface area (Å²) in [6.45, 7) is 0.474. The van der Waals surface area contributed by atoms with Gasteiger partial charge in [-0.05, 0) is 29.3 Å². The average Bonchev–Trinajstić information content (AvgIpc) is 2.73. The number of aromatic nitrogens is 3. The van der Waals surface area contributed by atoms with E-state index in [1.54, 1.807) is 19.2 Å².